The van der Waals surface area contributed by atoms with Crippen molar-refractivity contribution in [1.29, 1.82) is 0 Å². The Hall–Kier alpha value is -1.73. The van der Waals surface area contributed by atoms with Gasteiger partial charge in [-0.15, -0.1) is 0 Å². The van der Waals surface area contributed by atoms with Gasteiger partial charge in [-0.2, -0.15) is 0 Å². The van der Waals surface area contributed by atoms with E-state index in [-0.39, 0.29) is 11.9 Å². The van der Waals surface area contributed by atoms with Crippen LogP contribution in [0.25, 0.3) is 0 Å². The third-order valence-electron chi connectivity index (χ3n) is 2.84. The predicted octanol–water partition coefficient (Wildman–Crippen LogP) is -0.917. The standard InChI is InChI=1S/C10H16N6O/c1-7-10(17)12-2-3-16(7)6-8-4-14-9(15-11)5-13-8/h4-5,7H,2-3,6,11H2,1H3,(H,12,17)(H,14,15). The molecule has 1 unspecified atom stereocenters. The highest BCUT2D eigenvalue weighted by molar-refractivity contribution is 5.81. The Bertz CT molecular complexity index is 392. The van der Waals surface area contributed by atoms with Crippen molar-refractivity contribution < 1.29 is 4.79 Å². The lowest BCUT2D eigenvalue weighted by Gasteiger charge is -2.32. The second kappa shape index (κ2) is 5.07. The molecular formula is C10H16N6O. The topological polar surface area (TPSA) is 96.2 Å². The molecule has 92 valence electrons. The molecule has 0 bridgehead atoms. The molecule has 1 aliphatic rings. The summed E-state index contributed by atoms with van der Waals surface area (Å²) in [6.45, 7) is 4.01. The van der Waals surface area contributed by atoms with Gasteiger partial charge in [-0.05, 0) is 6.92 Å². The molecule has 7 nitrogen and oxygen atoms in total. The second-order valence-electron chi connectivity index (χ2n) is 3.97. The summed E-state index contributed by atoms with van der Waals surface area (Å²) < 4.78 is 0. The van der Waals surface area contributed by atoms with Crippen molar-refractivity contribution in [3.05, 3.63) is 18.1 Å². The van der Waals surface area contributed by atoms with Gasteiger partial charge in [-0.1, -0.05) is 0 Å². The summed E-state index contributed by atoms with van der Waals surface area (Å²) in [4.78, 5) is 21.9. The Morgan fingerprint density at radius 3 is 3.06 bits per heavy atom. The van der Waals surface area contributed by atoms with Gasteiger partial charge in [0.1, 0.15) is 0 Å². The number of carbonyl (C=O) groups is 1. The molecule has 2 rings (SSSR count). The van der Waals surface area contributed by atoms with Crippen LogP contribution in [0.5, 0.6) is 0 Å². The fraction of sp³-hybridized carbons (Fsp3) is 0.500. The number of hydrogen-bond acceptors (Lipinski definition) is 6. The van der Waals surface area contributed by atoms with Crippen LogP contribution in [-0.4, -0.2) is 39.9 Å². The van der Waals surface area contributed by atoms with Crippen LogP contribution in [0.4, 0.5) is 5.82 Å². The van der Waals surface area contributed by atoms with Crippen LogP contribution >= 0.6 is 0 Å². The lowest BCUT2D eigenvalue weighted by atomic mass is 10.2. The summed E-state index contributed by atoms with van der Waals surface area (Å²) in [7, 11) is 0. The van der Waals surface area contributed by atoms with Crippen molar-refractivity contribution in [2.75, 3.05) is 18.5 Å². The minimum absolute atomic E-state index is 0.0597. The maximum Gasteiger partial charge on any atom is 0.237 e. The van der Waals surface area contributed by atoms with Gasteiger partial charge >= 0.3 is 0 Å². The van der Waals surface area contributed by atoms with Crippen LogP contribution in [0.3, 0.4) is 0 Å². The number of nitrogens with two attached hydrogens (primary N) is 1. The number of nitrogen functional groups attached to an aromatic ring is 1. The molecule has 0 aliphatic carbocycles. The maximum absolute atomic E-state index is 11.5. The van der Waals surface area contributed by atoms with E-state index in [0.29, 0.717) is 18.9 Å². The Kier molecular flexibility index (Phi) is 3.50. The zero-order valence-corrected chi connectivity index (χ0v) is 9.68. The Morgan fingerprint density at radius 1 is 1.59 bits per heavy atom. The quantitative estimate of drug-likeness (QED) is 0.464. The van der Waals surface area contributed by atoms with Crippen molar-refractivity contribution in [3.8, 4) is 0 Å². The zero-order chi connectivity index (χ0) is 12.3. The highest BCUT2D eigenvalue weighted by atomic mass is 16.2. The molecule has 0 spiro atoms. The fourth-order valence-electron chi connectivity index (χ4n) is 1.76. The van der Waals surface area contributed by atoms with Gasteiger partial charge in [-0.25, -0.2) is 10.8 Å². The van der Waals surface area contributed by atoms with E-state index in [1.54, 1.807) is 12.4 Å². The number of aromatic nitrogens is 2. The molecule has 1 amide bonds. The van der Waals surface area contributed by atoms with Gasteiger partial charge < -0.3 is 10.7 Å². The molecule has 1 fully saturated rings. The molecule has 0 saturated carbocycles. The number of nitrogens with zero attached hydrogens (tertiary/aromatic N) is 3. The third kappa shape index (κ3) is 2.69. The summed E-state index contributed by atoms with van der Waals surface area (Å²) in [6, 6.07) is -0.127. The smallest absolute Gasteiger partial charge is 0.237 e. The molecule has 1 aromatic heterocycles. The molecule has 17 heavy (non-hydrogen) atoms. The molecule has 4 N–H and O–H groups in total. The van der Waals surface area contributed by atoms with E-state index in [1.807, 2.05) is 6.92 Å². The summed E-state index contributed by atoms with van der Waals surface area (Å²) in [5.74, 6) is 5.79. The molecule has 1 aliphatic heterocycles. The van der Waals surface area contributed by atoms with Crippen LogP contribution < -0.4 is 16.6 Å². The van der Waals surface area contributed by atoms with Crippen molar-refractivity contribution in [1.82, 2.24) is 20.2 Å². The minimum Gasteiger partial charge on any atom is -0.353 e. The number of nitrogens with one attached hydrogen (secondary N) is 2. The first kappa shape index (κ1) is 11.7. The first-order valence-corrected chi connectivity index (χ1v) is 5.50. The van der Waals surface area contributed by atoms with E-state index < -0.39 is 0 Å². The highest BCUT2D eigenvalue weighted by Gasteiger charge is 2.25. The normalized spacial score (nSPS) is 21.1. The SMILES string of the molecule is CC1C(=O)NCCN1Cc1cnc(NN)cn1. The second-order valence-corrected chi connectivity index (χ2v) is 3.97. The average Bonchev–Trinajstić information content (AvgIpc) is 2.36. The lowest BCUT2D eigenvalue weighted by molar-refractivity contribution is -0.128. The van der Waals surface area contributed by atoms with Crippen molar-refractivity contribution >= 4 is 11.7 Å². The average molecular weight is 236 g/mol. The van der Waals surface area contributed by atoms with Crippen LogP contribution in [0.1, 0.15) is 12.6 Å². The molecule has 1 aromatic rings. The number of rotatable bonds is 3. The number of amides is 1. The summed E-state index contributed by atoms with van der Waals surface area (Å²) in [5.41, 5.74) is 3.25. The van der Waals surface area contributed by atoms with Crippen LogP contribution in [0.15, 0.2) is 12.4 Å². The fourth-order valence-corrected chi connectivity index (χ4v) is 1.76. The van der Waals surface area contributed by atoms with Crippen molar-refractivity contribution in [3.63, 3.8) is 0 Å². The third-order valence-corrected chi connectivity index (χ3v) is 2.84. The minimum atomic E-state index is -0.127. The first-order valence-electron chi connectivity index (χ1n) is 5.50. The largest absolute Gasteiger partial charge is 0.353 e. The van der Waals surface area contributed by atoms with Gasteiger partial charge in [0.05, 0.1) is 24.1 Å². The van der Waals surface area contributed by atoms with E-state index in [1.165, 1.54) is 0 Å². The lowest BCUT2D eigenvalue weighted by Crippen LogP contribution is -2.53. The zero-order valence-electron chi connectivity index (χ0n) is 9.68. The summed E-state index contributed by atoms with van der Waals surface area (Å²) >= 11 is 0. The summed E-state index contributed by atoms with van der Waals surface area (Å²) in [5, 5.41) is 2.82. The number of piperazine rings is 1. The summed E-state index contributed by atoms with van der Waals surface area (Å²) in [6.07, 6.45) is 3.23. The van der Waals surface area contributed by atoms with E-state index in [2.05, 4.69) is 25.6 Å². The van der Waals surface area contributed by atoms with E-state index in [0.717, 1.165) is 12.2 Å². The Balaban J connectivity index is 2.01. The van der Waals surface area contributed by atoms with E-state index in [9.17, 15) is 4.79 Å². The van der Waals surface area contributed by atoms with Crippen LogP contribution in [0, 0.1) is 0 Å². The first-order chi connectivity index (χ1) is 8.20. The monoisotopic (exact) mass is 236 g/mol. The molecule has 1 saturated heterocycles. The molecular weight excluding hydrogens is 220 g/mol. The van der Waals surface area contributed by atoms with Gasteiger partial charge in [0.25, 0.3) is 0 Å². The number of hydrazine groups is 1. The highest BCUT2D eigenvalue weighted by Crippen LogP contribution is 2.09. The van der Waals surface area contributed by atoms with Gasteiger partial charge in [0.15, 0.2) is 5.82 Å². The number of anilines is 1. The van der Waals surface area contributed by atoms with E-state index >= 15 is 0 Å². The molecule has 2 heterocycles. The predicted molar refractivity (Wildman–Crippen MR) is 62.7 cm³/mol. The van der Waals surface area contributed by atoms with Crippen molar-refractivity contribution in [2.45, 2.75) is 19.5 Å². The molecule has 0 radical (unpaired) electrons. The molecule has 1 atom stereocenters. The van der Waals surface area contributed by atoms with Gasteiger partial charge in [-0.3, -0.25) is 14.7 Å². The number of hydrogen-bond donors (Lipinski definition) is 3. The Morgan fingerprint density at radius 2 is 2.41 bits per heavy atom. The van der Waals surface area contributed by atoms with E-state index in [4.69, 9.17) is 5.84 Å². The van der Waals surface area contributed by atoms with Crippen LogP contribution in [-0.2, 0) is 11.3 Å². The Labute approximate surface area is 99.4 Å². The number of carbonyl (C=O) groups excluding carboxylic acids is 1. The molecule has 7 heteroatoms. The van der Waals surface area contributed by atoms with Gasteiger partial charge in [0.2, 0.25) is 5.91 Å². The van der Waals surface area contributed by atoms with Gasteiger partial charge in [0, 0.05) is 19.6 Å². The molecule has 0 aromatic carbocycles. The van der Waals surface area contributed by atoms with Crippen LogP contribution in [0.2, 0.25) is 0 Å². The van der Waals surface area contributed by atoms with Crippen molar-refractivity contribution in [2.24, 2.45) is 5.84 Å². The maximum atomic E-state index is 11.5.